The van der Waals surface area contributed by atoms with Crippen molar-refractivity contribution in [3.05, 3.63) is 0 Å². The minimum atomic E-state index is -0.453. The topological polar surface area (TPSA) is 35.5 Å². The van der Waals surface area contributed by atoms with Gasteiger partial charge in [0.2, 0.25) is 0 Å². The smallest absolute Gasteiger partial charge is 0.298 e. The van der Waals surface area contributed by atoms with Crippen molar-refractivity contribution in [2.45, 2.75) is 73.8 Å². The Morgan fingerprint density at radius 3 is 1.71 bits per heavy atom. The number of carbonyl (C=O) groups excluding carboxylic acids is 1. The van der Waals surface area contributed by atoms with Crippen molar-refractivity contribution >= 4 is 5.97 Å². The molecule has 0 aromatic carbocycles. The van der Waals surface area contributed by atoms with E-state index in [9.17, 15) is 4.79 Å². The van der Waals surface area contributed by atoms with Gasteiger partial charge in [0, 0.05) is 0 Å². The van der Waals surface area contributed by atoms with Crippen molar-refractivity contribution in [3.63, 3.8) is 0 Å². The molecule has 0 saturated heterocycles. The Bertz CT molecular complexity index is 254. The van der Waals surface area contributed by atoms with Gasteiger partial charge in [0.25, 0.3) is 0 Å². The van der Waals surface area contributed by atoms with Crippen LogP contribution in [0.15, 0.2) is 0 Å². The lowest BCUT2D eigenvalue weighted by Gasteiger charge is -2.30. The molecular formula is C14H28O3. The van der Waals surface area contributed by atoms with Gasteiger partial charge in [-0.05, 0) is 31.1 Å². The third-order valence-corrected chi connectivity index (χ3v) is 1.99. The van der Waals surface area contributed by atoms with E-state index < -0.39 is 5.60 Å². The van der Waals surface area contributed by atoms with Gasteiger partial charge in [0.05, 0.1) is 6.42 Å². The van der Waals surface area contributed by atoms with E-state index in [1.165, 1.54) is 0 Å². The summed E-state index contributed by atoms with van der Waals surface area (Å²) >= 11 is 0. The van der Waals surface area contributed by atoms with Gasteiger partial charge >= 0.3 is 5.97 Å². The molecule has 0 radical (unpaired) electrons. The van der Waals surface area contributed by atoms with Crippen LogP contribution in [0.25, 0.3) is 0 Å². The van der Waals surface area contributed by atoms with Crippen LogP contribution in [-0.4, -0.2) is 11.6 Å². The molecule has 0 heterocycles. The van der Waals surface area contributed by atoms with E-state index in [2.05, 4.69) is 20.8 Å². The number of hydrogen-bond acceptors (Lipinski definition) is 3. The predicted molar refractivity (Wildman–Crippen MR) is 69.4 cm³/mol. The standard InChI is InChI=1S/C14H28O3/c1-12(2,3)9-11(15)16-17-14(7,8)10-13(4,5)6/h9-10H2,1-8H3. The van der Waals surface area contributed by atoms with Crippen LogP contribution in [0.5, 0.6) is 0 Å². The first-order valence-electron chi connectivity index (χ1n) is 6.19. The third kappa shape index (κ3) is 10.3. The highest BCUT2D eigenvalue weighted by molar-refractivity contribution is 5.69. The van der Waals surface area contributed by atoms with Crippen LogP contribution in [0.3, 0.4) is 0 Å². The van der Waals surface area contributed by atoms with Crippen LogP contribution in [0.2, 0.25) is 0 Å². The predicted octanol–water partition coefficient (Wildman–Crippen LogP) is 4.11. The normalized spacial score (nSPS) is 13.6. The van der Waals surface area contributed by atoms with Gasteiger partial charge in [-0.15, -0.1) is 0 Å². The summed E-state index contributed by atoms with van der Waals surface area (Å²) in [6, 6.07) is 0. The van der Waals surface area contributed by atoms with Crippen molar-refractivity contribution < 1.29 is 14.6 Å². The van der Waals surface area contributed by atoms with Crippen LogP contribution in [0.4, 0.5) is 0 Å². The van der Waals surface area contributed by atoms with Crippen LogP contribution < -0.4 is 0 Å². The lowest BCUT2D eigenvalue weighted by Crippen LogP contribution is -2.32. The molecule has 0 rings (SSSR count). The average molecular weight is 244 g/mol. The molecule has 0 aliphatic heterocycles. The first-order valence-corrected chi connectivity index (χ1v) is 6.19. The van der Waals surface area contributed by atoms with Gasteiger partial charge in [-0.1, -0.05) is 41.5 Å². The molecule has 0 saturated carbocycles. The van der Waals surface area contributed by atoms with Crippen molar-refractivity contribution in [1.82, 2.24) is 0 Å². The maximum Gasteiger partial charge on any atom is 0.342 e. The molecule has 0 amide bonds. The molecule has 0 aromatic heterocycles. The first-order chi connectivity index (χ1) is 7.31. The average Bonchev–Trinajstić information content (AvgIpc) is 1.92. The molecule has 0 spiro atoms. The van der Waals surface area contributed by atoms with Crippen LogP contribution in [0, 0.1) is 10.8 Å². The largest absolute Gasteiger partial charge is 0.342 e. The van der Waals surface area contributed by atoms with Crippen LogP contribution in [-0.2, 0) is 14.6 Å². The molecule has 102 valence electrons. The second-order valence-electron chi connectivity index (χ2n) is 7.77. The lowest BCUT2D eigenvalue weighted by molar-refractivity contribution is -0.330. The molecule has 0 fully saturated rings. The SMILES string of the molecule is CC(C)(C)CC(=O)OOC(C)(C)CC(C)(C)C. The van der Waals surface area contributed by atoms with E-state index >= 15 is 0 Å². The summed E-state index contributed by atoms with van der Waals surface area (Å²) in [5.41, 5.74) is -0.389. The second kappa shape index (κ2) is 5.38. The molecule has 0 atom stereocenters. The highest BCUT2D eigenvalue weighted by Crippen LogP contribution is 2.30. The second-order valence-corrected chi connectivity index (χ2v) is 7.77. The Balaban J connectivity index is 4.15. The van der Waals surface area contributed by atoms with Gasteiger partial charge in [0.15, 0.2) is 0 Å². The van der Waals surface area contributed by atoms with Crippen molar-refractivity contribution in [3.8, 4) is 0 Å². The monoisotopic (exact) mass is 244 g/mol. The van der Waals surface area contributed by atoms with Gasteiger partial charge in [-0.3, -0.25) is 4.89 Å². The fourth-order valence-corrected chi connectivity index (χ4v) is 1.93. The summed E-state index contributed by atoms with van der Waals surface area (Å²) in [6.45, 7) is 16.3. The molecule has 0 bridgehead atoms. The Kier molecular flexibility index (Phi) is 5.20. The van der Waals surface area contributed by atoms with Crippen molar-refractivity contribution in [2.24, 2.45) is 10.8 Å². The first kappa shape index (κ1) is 16.4. The Labute approximate surface area is 106 Å². The molecular weight excluding hydrogens is 216 g/mol. The molecule has 0 aliphatic rings. The fraction of sp³-hybridized carbons (Fsp3) is 0.929. The minimum absolute atomic E-state index is 0.0748. The number of carbonyl (C=O) groups is 1. The molecule has 0 N–H and O–H groups in total. The fourth-order valence-electron chi connectivity index (χ4n) is 1.93. The molecule has 0 aliphatic carbocycles. The zero-order valence-electron chi connectivity index (χ0n) is 12.6. The van der Waals surface area contributed by atoms with Gasteiger partial charge < -0.3 is 0 Å². The highest BCUT2D eigenvalue weighted by atomic mass is 17.2. The quantitative estimate of drug-likeness (QED) is 0.551. The molecule has 0 unspecified atom stereocenters. The Morgan fingerprint density at radius 2 is 1.35 bits per heavy atom. The van der Waals surface area contributed by atoms with Crippen molar-refractivity contribution in [2.75, 3.05) is 0 Å². The molecule has 3 heteroatoms. The maximum atomic E-state index is 11.5. The molecule has 0 aromatic rings. The summed E-state index contributed by atoms with van der Waals surface area (Å²) in [5.74, 6) is -0.306. The number of rotatable bonds is 4. The van der Waals surface area contributed by atoms with Crippen molar-refractivity contribution in [1.29, 1.82) is 0 Å². The van der Waals surface area contributed by atoms with E-state index in [0.29, 0.717) is 6.42 Å². The van der Waals surface area contributed by atoms with Crippen LogP contribution >= 0.6 is 0 Å². The summed E-state index contributed by atoms with van der Waals surface area (Å²) < 4.78 is 0. The zero-order chi connectivity index (χ0) is 13.9. The minimum Gasteiger partial charge on any atom is -0.298 e. The molecule has 17 heavy (non-hydrogen) atoms. The van der Waals surface area contributed by atoms with Crippen LogP contribution in [0.1, 0.15) is 68.2 Å². The summed E-state index contributed by atoms with van der Waals surface area (Å²) in [7, 11) is 0. The Morgan fingerprint density at radius 1 is 0.882 bits per heavy atom. The highest BCUT2D eigenvalue weighted by Gasteiger charge is 2.29. The summed E-state index contributed by atoms with van der Waals surface area (Å²) in [5, 5.41) is 0. The zero-order valence-corrected chi connectivity index (χ0v) is 12.6. The van der Waals surface area contributed by atoms with Gasteiger partial charge in [-0.2, -0.15) is 4.89 Å². The van der Waals surface area contributed by atoms with E-state index in [4.69, 9.17) is 9.78 Å². The summed E-state index contributed by atoms with van der Waals surface area (Å²) in [6.07, 6.45) is 1.18. The maximum absolute atomic E-state index is 11.5. The van der Waals surface area contributed by atoms with E-state index in [1.54, 1.807) is 0 Å². The summed E-state index contributed by atoms with van der Waals surface area (Å²) in [4.78, 5) is 21.7. The Hall–Kier alpha value is -0.570. The van der Waals surface area contributed by atoms with E-state index in [1.807, 2.05) is 34.6 Å². The van der Waals surface area contributed by atoms with E-state index in [-0.39, 0.29) is 16.8 Å². The third-order valence-electron chi connectivity index (χ3n) is 1.99. The lowest BCUT2D eigenvalue weighted by atomic mass is 9.84. The van der Waals surface area contributed by atoms with Gasteiger partial charge in [-0.25, -0.2) is 4.79 Å². The van der Waals surface area contributed by atoms with Gasteiger partial charge in [0.1, 0.15) is 5.60 Å². The van der Waals surface area contributed by atoms with E-state index in [0.717, 1.165) is 6.42 Å². The number of hydrogen-bond donors (Lipinski definition) is 0. The molecule has 3 nitrogen and oxygen atoms in total.